The van der Waals surface area contributed by atoms with Crippen LogP contribution in [0.3, 0.4) is 0 Å². The van der Waals surface area contributed by atoms with Gasteiger partial charge in [-0.25, -0.2) is 65.9 Å². The van der Waals surface area contributed by atoms with Crippen molar-refractivity contribution >= 4 is 30.1 Å². The monoisotopic (exact) mass is 658 g/mol. The van der Waals surface area contributed by atoms with Gasteiger partial charge in [0.2, 0.25) is 0 Å². The minimum atomic E-state index is -5.41. The summed E-state index contributed by atoms with van der Waals surface area (Å²) in [6, 6.07) is 0. The van der Waals surface area contributed by atoms with Gasteiger partial charge in [-0.2, -0.15) is 0 Å². The summed E-state index contributed by atoms with van der Waals surface area (Å²) < 4.78 is 224. The van der Waals surface area contributed by atoms with Gasteiger partial charge in [-0.05, 0) is 12.8 Å². The second kappa shape index (κ2) is 13.0. The number of hydrogen-bond donors (Lipinski definition) is 0. The SMILES string of the molecule is CCCC[PH+](CCCC)[B-](c1c(F)c(F)c(F)c(F)c1F)(c1c(F)c(F)c(F)c(F)c1F)c1c(F)c(F)c(F)c(F)c1F. The van der Waals surface area contributed by atoms with Crippen LogP contribution in [0, 0.1) is 87.3 Å². The normalized spacial score (nSPS) is 12.1. The van der Waals surface area contributed by atoms with Crippen LogP contribution < -0.4 is 16.4 Å². The van der Waals surface area contributed by atoms with Crippen molar-refractivity contribution in [3.05, 3.63) is 87.3 Å². The van der Waals surface area contributed by atoms with Crippen LogP contribution in [0.1, 0.15) is 39.5 Å². The summed E-state index contributed by atoms with van der Waals surface area (Å²) >= 11 is 0. The second-order valence-corrected chi connectivity index (χ2v) is 12.9. The van der Waals surface area contributed by atoms with Crippen LogP contribution in [0.25, 0.3) is 0 Å². The lowest BCUT2D eigenvalue weighted by Crippen LogP contribution is -2.72. The van der Waals surface area contributed by atoms with E-state index in [1.54, 1.807) is 0 Å². The van der Waals surface area contributed by atoms with E-state index < -0.39 is 130 Å². The molecule has 0 saturated heterocycles. The standard InChI is InChI=1S/C26H19BF15P/c1-3-5-7-43(8-6-4-2)27(9-12(28)18(34)24(40)19(35)13(9)29,10-14(30)20(36)25(41)21(37)15(10)31)11-16(32)22(38)26(42)23(39)17(11)33/h43H,3-8H2,1-2H3. The summed E-state index contributed by atoms with van der Waals surface area (Å²) in [5.74, 6) is -49.5. The van der Waals surface area contributed by atoms with E-state index in [0.29, 0.717) is 0 Å². The van der Waals surface area contributed by atoms with Gasteiger partial charge in [-0.15, -0.1) is 7.80 Å². The van der Waals surface area contributed by atoms with Crippen LogP contribution in [0.5, 0.6) is 0 Å². The Bertz CT molecular complexity index is 1310. The molecule has 0 saturated carbocycles. The van der Waals surface area contributed by atoms with Crippen LogP contribution in [0.4, 0.5) is 65.9 Å². The van der Waals surface area contributed by atoms with E-state index in [2.05, 4.69) is 0 Å². The largest absolute Gasteiger partial charge is 0.261 e. The first kappa shape index (κ1) is 34.6. The number of hydrogen-bond acceptors (Lipinski definition) is 0. The summed E-state index contributed by atoms with van der Waals surface area (Å²) in [7, 11) is -3.74. The lowest BCUT2D eigenvalue weighted by atomic mass is 9.33. The number of halogens is 15. The van der Waals surface area contributed by atoms with E-state index >= 15 is 26.3 Å². The van der Waals surface area contributed by atoms with Gasteiger partial charge in [0, 0.05) is 12.3 Å². The van der Waals surface area contributed by atoms with Gasteiger partial charge in [-0.3, -0.25) is 0 Å². The Labute approximate surface area is 235 Å². The Hall–Kier alpha value is -2.90. The van der Waals surface area contributed by atoms with Crippen molar-refractivity contribution in [1.29, 1.82) is 0 Å². The average molecular weight is 658 g/mol. The van der Waals surface area contributed by atoms with Gasteiger partial charge in [0.1, 0.15) is 34.9 Å². The first-order chi connectivity index (χ1) is 20.0. The van der Waals surface area contributed by atoms with Crippen molar-refractivity contribution in [1.82, 2.24) is 0 Å². The Morgan fingerprint density at radius 1 is 0.349 bits per heavy atom. The molecule has 0 unspecified atom stereocenters. The van der Waals surface area contributed by atoms with E-state index in [1.807, 2.05) is 0 Å². The highest BCUT2D eigenvalue weighted by Gasteiger charge is 2.57. The minimum Gasteiger partial charge on any atom is -0.207 e. The molecule has 0 aromatic heterocycles. The molecular formula is C26H19BF15P. The zero-order valence-corrected chi connectivity index (χ0v) is 23.0. The van der Waals surface area contributed by atoms with E-state index in [4.69, 9.17) is 0 Å². The fourth-order valence-corrected chi connectivity index (χ4v) is 10.1. The van der Waals surface area contributed by atoms with Crippen molar-refractivity contribution in [2.75, 3.05) is 12.3 Å². The Balaban J connectivity index is 2.94. The zero-order valence-electron chi connectivity index (χ0n) is 22.0. The fraction of sp³-hybridized carbons (Fsp3) is 0.308. The molecule has 3 aromatic rings. The van der Waals surface area contributed by atoms with Gasteiger partial charge >= 0.3 is 0 Å². The molecule has 0 radical (unpaired) electrons. The molecule has 0 nitrogen and oxygen atoms in total. The highest BCUT2D eigenvalue weighted by atomic mass is 31.1. The van der Waals surface area contributed by atoms with Crippen LogP contribution >= 0.6 is 7.80 Å². The molecule has 43 heavy (non-hydrogen) atoms. The highest BCUT2D eigenvalue weighted by molar-refractivity contribution is 8.01. The molecular weight excluding hydrogens is 639 g/mol. The predicted octanol–water partition coefficient (Wildman–Crippen LogP) is 7.55. The summed E-state index contributed by atoms with van der Waals surface area (Å²) in [6.45, 7) is 2.90. The lowest BCUT2D eigenvalue weighted by Gasteiger charge is -2.44. The molecule has 0 heterocycles. The van der Waals surface area contributed by atoms with E-state index in [1.165, 1.54) is 13.8 Å². The minimum absolute atomic E-state index is 0.0811. The van der Waals surface area contributed by atoms with Gasteiger partial charge in [-0.1, -0.05) is 43.1 Å². The molecule has 0 bridgehead atoms. The molecule has 0 fully saturated rings. The zero-order chi connectivity index (χ0) is 32.7. The summed E-state index contributed by atoms with van der Waals surface area (Å²) in [6.07, 6.45) is -1.50. The van der Waals surface area contributed by atoms with Gasteiger partial charge in [0.05, 0.1) is 0 Å². The van der Waals surface area contributed by atoms with E-state index in [9.17, 15) is 39.5 Å². The van der Waals surface area contributed by atoms with Gasteiger partial charge < -0.3 is 0 Å². The quantitative estimate of drug-likeness (QED) is 0.0695. The maximum absolute atomic E-state index is 15.7. The molecule has 0 spiro atoms. The lowest BCUT2D eigenvalue weighted by molar-refractivity contribution is 0.380. The Kier molecular flexibility index (Phi) is 10.5. The van der Waals surface area contributed by atoms with Gasteiger partial charge in [0.25, 0.3) is 5.87 Å². The topological polar surface area (TPSA) is 0 Å². The van der Waals surface area contributed by atoms with Crippen molar-refractivity contribution in [3.8, 4) is 0 Å². The molecule has 3 aromatic carbocycles. The maximum atomic E-state index is 15.7. The van der Waals surface area contributed by atoms with Crippen LogP contribution in [0.2, 0.25) is 0 Å². The summed E-state index contributed by atoms with van der Waals surface area (Å²) in [4.78, 5) is 0. The molecule has 0 N–H and O–H groups in total. The first-order valence-electron chi connectivity index (χ1n) is 12.6. The van der Waals surface area contributed by atoms with Crippen molar-refractivity contribution in [3.63, 3.8) is 0 Å². The molecule has 0 aliphatic heterocycles. The molecule has 236 valence electrons. The van der Waals surface area contributed by atoms with E-state index in [-0.39, 0.29) is 25.7 Å². The van der Waals surface area contributed by atoms with Crippen LogP contribution in [0.15, 0.2) is 0 Å². The van der Waals surface area contributed by atoms with Crippen LogP contribution in [-0.4, -0.2) is 18.2 Å². The predicted molar refractivity (Wildman–Crippen MR) is 131 cm³/mol. The van der Waals surface area contributed by atoms with Crippen LogP contribution in [-0.2, 0) is 0 Å². The highest BCUT2D eigenvalue weighted by Crippen LogP contribution is 2.50. The van der Waals surface area contributed by atoms with E-state index in [0.717, 1.165) is 0 Å². The molecule has 3 rings (SSSR count). The maximum Gasteiger partial charge on any atom is 0.261 e. The van der Waals surface area contributed by atoms with Crippen molar-refractivity contribution in [2.45, 2.75) is 39.5 Å². The number of unbranched alkanes of at least 4 members (excludes halogenated alkanes) is 2. The first-order valence-corrected chi connectivity index (χ1v) is 14.6. The van der Waals surface area contributed by atoms with Crippen molar-refractivity contribution in [2.24, 2.45) is 0 Å². The molecule has 17 heteroatoms. The third-order valence-corrected chi connectivity index (χ3v) is 11.4. The second-order valence-electron chi connectivity index (χ2n) is 9.68. The van der Waals surface area contributed by atoms with Gasteiger partial charge in [0.15, 0.2) is 52.4 Å². The third kappa shape index (κ3) is 5.27. The number of rotatable bonds is 10. The Morgan fingerprint density at radius 3 is 0.721 bits per heavy atom. The molecule has 0 amide bonds. The molecule has 0 aliphatic carbocycles. The number of benzene rings is 3. The Morgan fingerprint density at radius 2 is 0.535 bits per heavy atom. The fourth-order valence-electron chi connectivity index (χ4n) is 5.42. The molecule has 0 atom stereocenters. The summed E-state index contributed by atoms with van der Waals surface area (Å²) in [5, 5.41) is 0. The summed E-state index contributed by atoms with van der Waals surface area (Å²) in [5.41, 5.74) is -7.45. The third-order valence-electron chi connectivity index (χ3n) is 7.35. The average Bonchev–Trinajstić information content (AvgIpc) is 2.98. The molecule has 0 aliphatic rings. The van der Waals surface area contributed by atoms with Crippen molar-refractivity contribution < 1.29 is 65.9 Å². The smallest absolute Gasteiger partial charge is 0.207 e.